The molecule has 1 heterocycles. The molecule has 0 spiro atoms. The van der Waals surface area contributed by atoms with E-state index in [1.165, 1.54) is 19.4 Å². The van der Waals surface area contributed by atoms with Crippen LogP contribution in [0.2, 0.25) is 0 Å². The smallest absolute Gasteiger partial charge is 0.0828 e. The number of hydrogen-bond donors (Lipinski definition) is 0. The summed E-state index contributed by atoms with van der Waals surface area (Å²) in [7, 11) is 1.86. The molecular formula is C11H23NO. The highest BCUT2D eigenvalue weighted by atomic mass is 16.5. The normalized spacial score (nSPS) is 31.2. The van der Waals surface area contributed by atoms with Gasteiger partial charge in [-0.3, -0.25) is 0 Å². The summed E-state index contributed by atoms with van der Waals surface area (Å²) < 4.78 is 5.73. The first-order valence-corrected chi connectivity index (χ1v) is 5.42. The van der Waals surface area contributed by atoms with Crippen LogP contribution in [-0.2, 0) is 4.74 Å². The lowest BCUT2D eigenvalue weighted by molar-refractivity contribution is -0.0941. The van der Waals surface area contributed by atoms with Gasteiger partial charge in [0.25, 0.3) is 0 Å². The average molecular weight is 185 g/mol. The molecule has 0 N–H and O–H groups in total. The summed E-state index contributed by atoms with van der Waals surface area (Å²) in [5.41, 5.74) is 0.119. The zero-order chi connectivity index (χ0) is 9.90. The van der Waals surface area contributed by atoms with Gasteiger partial charge in [-0.2, -0.15) is 0 Å². The van der Waals surface area contributed by atoms with Crippen LogP contribution in [0, 0.1) is 5.92 Å². The molecule has 78 valence electrons. The highest BCUT2D eigenvalue weighted by Crippen LogP contribution is 2.31. The van der Waals surface area contributed by atoms with Crippen LogP contribution in [0.3, 0.4) is 0 Å². The Balaban J connectivity index is 2.64. The fourth-order valence-electron chi connectivity index (χ4n) is 2.28. The molecule has 1 atom stereocenters. The predicted molar refractivity (Wildman–Crippen MR) is 55.9 cm³/mol. The fraction of sp³-hybridized carbons (Fsp3) is 1.00. The Kier molecular flexibility index (Phi) is 3.74. The molecule has 2 nitrogen and oxygen atoms in total. The Morgan fingerprint density at radius 1 is 1.46 bits per heavy atom. The third-order valence-electron chi connectivity index (χ3n) is 3.47. The Labute approximate surface area is 82.3 Å². The van der Waals surface area contributed by atoms with E-state index in [4.69, 9.17) is 4.74 Å². The van der Waals surface area contributed by atoms with E-state index in [1.54, 1.807) is 0 Å². The monoisotopic (exact) mass is 185 g/mol. The van der Waals surface area contributed by atoms with Crippen molar-refractivity contribution in [3.63, 3.8) is 0 Å². The molecule has 0 amide bonds. The molecule has 0 aromatic rings. The number of ether oxygens (including phenoxy) is 1. The molecule has 0 radical (unpaired) electrons. The van der Waals surface area contributed by atoms with E-state index >= 15 is 0 Å². The molecule has 1 saturated heterocycles. The summed E-state index contributed by atoms with van der Waals surface area (Å²) in [5.74, 6) is 0.617. The molecule has 0 aromatic carbocycles. The van der Waals surface area contributed by atoms with Gasteiger partial charge in [-0.25, -0.2) is 0 Å². The summed E-state index contributed by atoms with van der Waals surface area (Å²) in [5, 5.41) is 0. The fourth-order valence-corrected chi connectivity index (χ4v) is 2.28. The van der Waals surface area contributed by atoms with E-state index in [-0.39, 0.29) is 5.60 Å². The van der Waals surface area contributed by atoms with Gasteiger partial charge in [0.15, 0.2) is 0 Å². The standard InChI is InChI=1S/C11H23NO/c1-5-12-8-6-7-11(9-12,13-4)10(2)3/h10H,5-9H2,1-4H3. The van der Waals surface area contributed by atoms with Crippen LogP contribution < -0.4 is 0 Å². The number of hydrogen-bond acceptors (Lipinski definition) is 2. The molecule has 0 bridgehead atoms. The first-order valence-electron chi connectivity index (χ1n) is 5.42. The minimum atomic E-state index is 0.119. The molecule has 1 aliphatic heterocycles. The quantitative estimate of drug-likeness (QED) is 0.668. The van der Waals surface area contributed by atoms with Crippen molar-refractivity contribution in [2.75, 3.05) is 26.7 Å². The zero-order valence-corrected chi connectivity index (χ0v) is 9.47. The largest absolute Gasteiger partial charge is 0.377 e. The summed E-state index contributed by atoms with van der Waals surface area (Å²) in [4.78, 5) is 2.49. The Morgan fingerprint density at radius 3 is 2.62 bits per heavy atom. The van der Waals surface area contributed by atoms with Crippen LogP contribution in [0.4, 0.5) is 0 Å². The van der Waals surface area contributed by atoms with E-state index in [0.29, 0.717) is 5.92 Å². The third-order valence-corrected chi connectivity index (χ3v) is 3.47. The van der Waals surface area contributed by atoms with Gasteiger partial charge in [-0.05, 0) is 31.8 Å². The molecule has 13 heavy (non-hydrogen) atoms. The van der Waals surface area contributed by atoms with E-state index < -0.39 is 0 Å². The van der Waals surface area contributed by atoms with E-state index in [1.807, 2.05) is 7.11 Å². The number of piperidine rings is 1. The van der Waals surface area contributed by atoms with Gasteiger partial charge in [0.1, 0.15) is 0 Å². The lowest BCUT2D eigenvalue weighted by atomic mass is 9.82. The van der Waals surface area contributed by atoms with E-state index in [0.717, 1.165) is 13.1 Å². The maximum Gasteiger partial charge on any atom is 0.0828 e. The molecule has 0 saturated carbocycles. The average Bonchev–Trinajstić information content (AvgIpc) is 2.17. The Bertz CT molecular complexity index is 158. The van der Waals surface area contributed by atoms with Crippen molar-refractivity contribution in [3.05, 3.63) is 0 Å². The second kappa shape index (κ2) is 4.43. The van der Waals surface area contributed by atoms with Crippen LogP contribution in [0.5, 0.6) is 0 Å². The number of likely N-dealkylation sites (N-methyl/N-ethyl adjacent to an activating group) is 1. The predicted octanol–water partition coefficient (Wildman–Crippen LogP) is 2.14. The molecule has 1 fully saturated rings. The summed E-state index contributed by atoms with van der Waals surface area (Å²) >= 11 is 0. The zero-order valence-electron chi connectivity index (χ0n) is 9.47. The Morgan fingerprint density at radius 2 is 2.15 bits per heavy atom. The highest BCUT2D eigenvalue weighted by Gasteiger charge is 2.37. The van der Waals surface area contributed by atoms with Crippen molar-refractivity contribution in [2.45, 2.75) is 39.2 Å². The first-order chi connectivity index (χ1) is 6.14. The number of methoxy groups -OCH3 is 1. The summed E-state index contributed by atoms with van der Waals surface area (Å²) in [6, 6.07) is 0. The van der Waals surface area contributed by atoms with Gasteiger partial charge >= 0.3 is 0 Å². The molecular weight excluding hydrogens is 162 g/mol. The second-order valence-corrected chi connectivity index (χ2v) is 4.40. The molecule has 1 rings (SSSR count). The minimum absolute atomic E-state index is 0.119. The van der Waals surface area contributed by atoms with Crippen LogP contribution in [0.1, 0.15) is 33.6 Å². The van der Waals surface area contributed by atoms with Gasteiger partial charge in [0, 0.05) is 13.7 Å². The maximum absolute atomic E-state index is 5.73. The van der Waals surface area contributed by atoms with Crippen molar-refractivity contribution < 1.29 is 4.74 Å². The van der Waals surface area contributed by atoms with Gasteiger partial charge < -0.3 is 9.64 Å². The van der Waals surface area contributed by atoms with Gasteiger partial charge in [0.05, 0.1) is 5.60 Å². The van der Waals surface area contributed by atoms with Crippen molar-refractivity contribution >= 4 is 0 Å². The second-order valence-electron chi connectivity index (χ2n) is 4.40. The third kappa shape index (κ3) is 2.23. The number of likely N-dealkylation sites (tertiary alicyclic amines) is 1. The SMILES string of the molecule is CCN1CCCC(OC)(C(C)C)C1. The van der Waals surface area contributed by atoms with Crippen molar-refractivity contribution in [3.8, 4) is 0 Å². The summed E-state index contributed by atoms with van der Waals surface area (Å²) in [6.07, 6.45) is 2.50. The Hall–Kier alpha value is -0.0800. The minimum Gasteiger partial charge on any atom is -0.377 e. The van der Waals surface area contributed by atoms with Crippen LogP contribution in [0.15, 0.2) is 0 Å². The summed E-state index contributed by atoms with van der Waals surface area (Å²) in [6.45, 7) is 10.3. The molecule has 0 aromatic heterocycles. The van der Waals surface area contributed by atoms with Crippen LogP contribution in [0.25, 0.3) is 0 Å². The van der Waals surface area contributed by atoms with E-state index in [9.17, 15) is 0 Å². The topological polar surface area (TPSA) is 12.5 Å². The number of nitrogens with zero attached hydrogens (tertiary/aromatic N) is 1. The van der Waals surface area contributed by atoms with Gasteiger partial charge in [0.2, 0.25) is 0 Å². The van der Waals surface area contributed by atoms with E-state index in [2.05, 4.69) is 25.7 Å². The molecule has 1 unspecified atom stereocenters. The first kappa shape index (κ1) is 11.0. The van der Waals surface area contributed by atoms with Gasteiger partial charge in [-0.15, -0.1) is 0 Å². The van der Waals surface area contributed by atoms with Crippen LogP contribution in [-0.4, -0.2) is 37.2 Å². The van der Waals surface area contributed by atoms with Gasteiger partial charge in [-0.1, -0.05) is 20.8 Å². The number of rotatable bonds is 3. The highest BCUT2D eigenvalue weighted by molar-refractivity contribution is 4.90. The maximum atomic E-state index is 5.73. The van der Waals surface area contributed by atoms with Crippen molar-refractivity contribution in [1.82, 2.24) is 4.90 Å². The van der Waals surface area contributed by atoms with Crippen molar-refractivity contribution in [2.24, 2.45) is 5.92 Å². The molecule has 0 aliphatic carbocycles. The lowest BCUT2D eigenvalue weighted by Gasteiger charge is -2.44. The molecule has 1 aliphatic rings. The molecule has 2 heteroatoms. The lowest BCUT2D eigenvalue weighted by Crippen LogP contribution is -2.52. The van der Waals surface area contributed by atoms with Crippen LogP contribution >= 0.6 is 0 Å². The van der Waals surface area contributed by atoms with Crippen molar-refractivity contribution in [1.29, 1.82) is 0 Å².